The molecular formula is C18H20N2O. The molecule has 0 fully saturated rings. The largest absolute Gasteiger partial charge is 0.371 e. The van der Waals surface area contributed by atoms with Crippen LogP contribution >= 0.6 is 0 Å². The zero-order chi connectivity index (χ0) is 14.9. The van der Waals surface area contributed by atoms with Crippen LogP contribution in [0.3, 0.4) is 0 Å². The number of hydrogen-bond acceptors (Lipinski definition) is 2. The lowest BCUT2D eigenvalue weighted by atomic mass is 9.98. The molecule has 2 aromatic heterocycles. The van der Waals surface area contributed by atoms with E-state index in [4.69, 9.17) is 4.74 Å². The summed E-state index contributed by atoms with van der Waals surface area (Å²) in [6.45, 7) is 6.83. The first-order valence-corrected chi connectivity index (χ1v) is 7.19. The standard InChI is InChI=1S/C18H20N2O/c1-18(2,3)21-12-13-6-4-5-7-14(13)15-8-10-19-17-16(15)9-11-20-17/h4-11H,12H2,1-3H3,(H,19,20). The minimum Gasteiger partial charge on any atom is -0.371 e. The number of fused-ring (bicyclic) bond motifs is 1. The highest BCUT2D eigenvalue weighted by Crippen LogP contribution is 2.30. The highest BCUT2D eigenvalue weighted by atomic mass is 16.5. The molecule has 0 spiro atoms. The smallest absolute Gasteiger partial charge is 0.137 e. The van der Waals surface area contributed by atoms with Crippen LogP contribution in [-0.4, -0.2) is 15.6 Å². The van der Waals surface area contributed by atoms with Crippen molar-refractivity contribution in [2.24, 2.45) is 0 Å². The van der Waals surface area contributed by atoms with E-state index in [1.807, 2.05) is 12.4 Å². The lowest BCUT2D eigenvalue weighted by Gasteiger charge is -2.21. The van der Waals surface area contributed by atoms with Gasteiger partial charge in [0.25, 0.3) is 0 Å². The topological polar surface area (TPSA) is 37.9 Å². The molecule has 108 valence electrons. The number of aromatic nitrogens is 2. The van der Waals surface area contributed by atoms with E-state index < -0.39 is 0 Å². The molecule has 3 nitrogen and oxygen atoms in total. The molecule has 0 atom stereocenters. The summed E-state index contributed by atoms with van der Waals surface area (Å²) in [5.41, 5.74) is 4.36. The first-order valence-electron chi connectivity index (χ1n) is 7.19. The molecule has 1 N–H and O–H groups in total. The van der Waals surface area contributed by atoms with Gasteiger partial charge >= 0.3 is 0 Å². The molecule has 0 unspecified atom stereocenters. The van der Waals surface area contributed by atoms with E-state index in [1.165, 1.54) is 16.7 Å². The van der Waals surface area contributed by atoms with Gasteiger partial charge in [-0.3, -0.25) is 0 Å². The van der Waals surface area contributed by atoms with Gasteiger partial charge in [-0.25, -0.2) is 4.98 Å². The summed E-state index contributed by atoms with van der Waals surface area (Å²) in [5.74, 6) is 0. The third-order valence-corrected chi connectivity index (χ3v) is 3.43. The molecule has 2 heterocycles. The Bertz CT molecular complexity index is 753. The minimum absolute atomic E-state index is 0.144. The summed E-state index contributed by atoms with van der Waals surface area (Å²) < 4.78 is 5.95. The third-order valence-electron chi connectivity index (χ3n) is 3.43. The molecule has 0 radical (unpaired) electrons. The Hall–Kier alpha value is -2.13. The van der Waals surface area contributed by atoms with Crippen LogP contribution in [0.5, 0.6) is 0 Å². The highest BCUT2D eigenvalue weighted by molar-refractivity contribution is 5.93. The number of pyridine rings is 1. The van der Waals surface area contributed by atoms with Crippen molar-refractivity contribution in [1.29, 1.82) is 0 Å². The van der Waals surface area contributed by atoms with Crippen LogP contribution < -0.4 is 0 Å². The van der Waals surface area contributed by atoms with Crippen LogP contribution in [0.25, 0.3) is 22.2 Å². The average Bonchev–Trinajstić information content (AvgIpc) is 2.93. The summed E-state index contributed by atoms with van der Waals surface area (Å²) >= 11 is 0. The van der Waals surface area contributed by atoms with Crippen LogP contribution in [0, 0.1) is 0 Å². The summed E-state index contributed by atoms with van der Waals surface area (Å²) in [5, 5.41) is 1.14. The van der Waals surface area contributed by atoms with Crippen LogP contribution in [-0.2, 0) is 11.3 Å². The first-order chi connectivity index (χ1) is 10.0. The molecule has 0 amide bonds. The molecule has 0 aliphatic carbocycles. The minimum atomic E-state index is -0.144. The zero-order valence-corrected chi connectivity index (χ0v) is 12.7. The molecule has 21 heavy (non-hydrogen) atoms. The predicted octanol–water partition coefficient (Wildman–Crippen LogP) is 4.55. The number of hydrogen-bond donors (Lipinski definition) is 1. The SMILES string of the molecule is CC(C)(C)OCc1ccccc1-c1ccnc2[nH]ccc12. The van der Waals surface area contributed by atoms with Crippen molar-refractivity contribution < 1.29 is 4.74 Å². The van der Waals surface area contributed by atoms with E-state index in [0.29, 0.717) is 6.61 Å². The van der Waals surface area contributed by atoms with Crippen molar-refractivity contribution in [2.45, 2.75) is 33.0 Å². The Morgan fingerprint density at radius 3 is 2.67 bits per heavy atom. The fourth-order valence-electron chi connectivity index (χ4n) is 2.40. The number of ether oxygens (including phenoxy) is 1. The van der Waals surface area contributed by atoms with E-state index in [-0.39, 0.29) is 5.60 Å². The summed E-state index contributed by atoms with van der Waals surface area (Å²) in [6, 6.07) is 12.5. The maximum Gasteiger partial charge on any atom is 0.137 e. The fourth-order valence-corrected chi connectivity index (χ4v) is 2.40. The Balaban J connectivity index is 2.04. The molecule has 3 heteroatoms. The second kappa shape index (κ2) is 5.34. The fraction of sp³-hybridized carbons (Fsp3) is 0.278. The lowest BCUT2D eigenvalue weighted by Crippen LogP contribution is -2.18. The predicted molar refractivity (Wildman–Crippen MR) is 86.1 cm³/mol. The van der Waals surface area contributed by atoms with Gasteiger partial charge in [0.2, 0.25) is 0 Å². The third kappa shape index (κ3) is 2.98. The highest BCUT2D eigenvalue weighted by Gasteiger charge is 2.13. The van der Waals surface area contributed by atoms with Crippen molar-refractivity contribution >= 4 is 11.0 Å². The number of aromatic amines is 1. The summed E-state index contributed by atoms with van der Waals surface area (Å²) in [6.07, 6.45) is 3.77. The van der Waals surface area contributed by atoms with E-state index in [2.05, 4.69) is 67.1 Å². The number of benzene rings is 1. The normalized spacial score (nSPS) is 12.0. The zero-order valence-electron chi connectivity index (χ0n) is 12.7. The van der Waals surface area contributed by atoms with Gasteiger partial charge in [0.05, 0.1) is 12.2 Å². The van der Waals surface area contributed by atoms with Crippen molar-refractivity contribution in [3.63, 3.8) is 0 Å². The lowest BCUT2D eigenvalue weighted by molar-refractivity contribution is -0.0147. The van der Waals surface area contributed by atoms with Crippen molar-refractivity contribution in [3.05, 3.63) is 54.4 Å². The van der Waals surface area contributed by atoms with Crippen LogP contribution in [0.1, 0.15) is 26.3 Å². The van der Waals surface area contributed by atoms with E-state index >= 15 is 0 Å². The van der Waals surface area contributed by atoms with Gasteiger partial charge in [-0.05, 0) is 49.6 Å². The first kappa shape index (κ1) is 13.8. The van der Waals surface area contributed by atoms with Gasteiger partial charge in [0.15, 0.2) is 0 Å². The number of nitrogens with one attached hydrogen (secondary N) is 1. The van der Waals surface area contributed by atoms with Crippen molar-refractivity contribution in [1.82, 2.24) is 9.97 Å². The van der Waals surface area contributed by atoms with Crippen LogP contribution in [0.2, 0.25) is 0 Å². The van der Waals surface area contributed by atoms with Gasteiger partial charge in [0, 0.05) is 17.8 Å². The second-order valence-electron chi connectivity index (χ2n) is 6.16. The van der Waals surface area contributed by atoms with E-state index in [0.717, 1.165) is 11.0 Å². The van der Waals surface area contributed by atoms with Gasteiger partial charge in [-0.15, -0.1) is 0 Å². The Labute approximate surface area is 125 Å². The Morgan fingerprint density at radius 1 is 1.05 bits per heavy atom. The van der Waals surface area contributed by atoms with Gasteiger partial charge < -0.3 is 9.72 Å². The van der Waals surface area contributed by atoms with Crippen molar-refractivity contribution in [2.75, 3.05) is 0 Å². The molecule has 0 saturated heterocycles. The van der Waals surface area contributed by atoms with Gasteiger partial charge in [0.1, 0.15) is 5.65 Å². The van der Waals surface area contributed by atoms with Gasteiger partial charge in [-0.1, -0.05) is 24.3 Å². The number of nitrogens with zero attached hydrogens (tertiary/aromatic N) is 1. The van der Waals surface area contributed by atoms with E-state index in [9.17, 15) is 0 Å². The summed E-state index contributed by atoms with van der Waals surface area (Å²) in [7, 11) is 0. The Morgan fingerprint density at radius 2 is 1.86 bits per heavy atom. The average molecular weight is 280 g/mol. The van der Waals surface area contributed by atoms with Crippen LogP contribution in [0.4, 0.5) is 0 Å². The summed E-state index contributed by atoms with van der Waals surface area (Å²) in [4.78, 5) is 7.52. The number of rotatable bonds is 3. The monoisotopic (exact) mass is 280 g/mol. The second-order valence-corrected chi connectivity index (χ2v) is 6.16. The maximum absolute atomic E-state index is 5.95. The number of H-pyrrole nitrogens is 1. The molecule has 3 rings (SSSR count). The molecular weight excluding hydrogens is 260 g/mol. The van der Waals surface area contributed by atoms with E-state index in [1.54, 1.807) is 0 Å². The molecule has 0 aliphatic rings. The van der Waals surface area contributed by atoms with Crippen molar-refractivity contribution in [3.8, 4) is 11.1 Å². The molecule has 1 aromatic carbocycles. The quantitative estimate of drug-likeness (QED) is 0.764. The molecule has 0 aliphatic heterocycles. The van der Waals surface area contributed by atoms with Gasteiger partial charge in [-0.2, -0.15) is 0 Å². The Kier molecular flexibility index (Phi) is 3.52. The molecule has 0 bridgehead atoms. The maximum atomic E-state index is 5.95. The van der Waals surface area contributed by atoms with Crippen LogP contribution in [0.15, 0.2) is 48.8 Å². The molecule has 0 saturated carbocycles. The molecule has 3 aromatic rings.